The average Bonchev–Trinajstić information content (AvgIpc) is 3.31. The van der Waals surface area contributed by atoms with Crippen molar-refractivity contribution in [1.29, 1.82) is 0 Å². The third-order valence-corrected chi connectivity index (χ3v) is 8.39. The van der Waals surface area contributed by atoms with Gasteiger partial charge in [-0.25, -0.2) is 0 Å². The van der Waals surface area contributed by atoms with Crippen LogP contribution in [0.25, 0.3) is 22.3 Å². The summed E-state index contributed by atoms with van der Waals surface area (Å²) in [5.74, 6) is 0.685. The summed E-state index contributed by atoms with van der Waals surface area (Å²) in [5.41, 5.74) is 12.2. The zero-order valence-corrected chi connectivity index (χ0v) is 18.8. The lowest BCUT2D eigenvalue weighted by Crippen LogP contribution is -2.26. The third kappa shape index (κ3) is 2.34. The molecular weight excluding hydrogens is 408 g/mol. The van der Waals surface area contributed by atoms with Gasteiger partial charge < -0.3 is 0 Å². The van der Waals surface area contributed by atoms with E-state index in [1.54, 1.807) is 0 Å². The number of fused-ring (bicyclic) bond motifs is 10. The molecule has 4 aromatic carbocycles. The third-order valence-electron chi connectivity index (χ3n) is 8.15. The summed E-state index contributed by atoms with van der Waals surface area (Å²) in [5, 5.41) is 0.810. The Kier molecular flexibility index (Phi) is 4.00. The lowest BCUT2D eigenvalue weighted by molar-refractivity contribution is 0.443. The fraction of sp³-hybridized carbons (Fsp3) is 0.226. The standard InChI is InChI=1S/C31H25Cl/c32-22-15-17-26-24-11-5-7-13-28(24)31(30(26)19-22)27-12-6-4-10-23(27)25-16-14-21(18-29(25)31)20-8-2-1-3-9-20/h4-7,10-20H,1-3,8-9H2. The second-order valence-electron chi connectivity index (χ2n) is 9.67. The molecule has 1 fully saturated rings. The van der Waals surface area contributed by atoms with Gasteiger partial charge in [-0.05, 0) is 81.0 Å². The van der Waals surface area contributed by atoms with Crippen molar-refractivity contribution in [3.63, 3.8) is 0 Å². The minimum atomic E-state index is -0.284. The smallest absolute Gasteiger partial charge is 0.0726 e. The highest BCUT2D eigenvalue weighted by molar-refractivity contribution is 6.30. The van der Waals surface area contributed by atoms with Crippen molar-refractivity contribution in [2.75, 3.05) is 0 Å². The van der Waals surface area contributed by atoms with Gasteiger partial charge in [-0.1, -0.05) is 104 Å². The molecule has 0 aliphatic heterocycles. The molecule has 156 valence electrons. The van der Waals surface area contributed by atoms with E-state index in [-0.39, 0.29) is 5.41 Å². The van der Waals surface area contributed by atoms with Crippen molar-refractivity contribution in [2.24, 2.45) is 0 Å². The zero-order valence-electron chi connectivity index (χ0n) is 18.1. The molecule has 0 saturated heterocycles. The Balaban J connectivity index is 1.59. The van der Waals surface area contributed by atoms with Gasteiger partial charge in [0.25, 0.3) is 0 Å². The largest absolute Gasteiger partial charge is 0.0843 e. The van der Waals surface area contributed by atoms with E-state index in [1.165, 1.54) is 82.2 Å². The molecule has 1 spiro atoms. The second-order valence-corrected chi connectivity index (χ2v) is 10.1. The molecule has 3 aliphatic carbocycles. The summed E-state index contributed by atoms with van der Waals surface area (Å²) in [6.07, 6.45) is 6.73. The van der Waals surface area contributed by atoms with Gasteiger partial charge in [0.15, 0.2) is 0 Å². The van der Waals surface area contributed by atoms with Crippen LogP contribution in [0.15, 0.2) is 84.9 Å². The molecular formula is C31H25Cl. The molecule has 1 heteroatoms. The Labute approximate surface area is 194 Å². The molecule has 0 amide bonds. The average molecular weight is 433 g/mol. The topological polar surface area (TPSA) is 0 Å². The van der Waals surface area contributed by atoms with Crippen LogP contribution in [-0.2, 0) is 5.41 Å². The van der Waals surface area contributed by atoms with Crippen molar-refractivity contribution in [1.82, 2.24) is 0 Å². The SMILES string of the molecule is Clc1ccc2c(c1)C1(c3ccccc3-2)c2ccccc2-c2ccc(C3CCCCC3)cc21. The zero-order chi connectivity index (χ0) is 21.3. The second kappa shape index (κ2) is 6.83. The Morgan fingerprint density at radius 1 is 0.562 bits per heavy atom. The van der Waals surface area contributed by atoms with Gasteiger partial charge in [0.2, 0.25) is 0 Å². The molecule has 0 N–H and O–H groups in total. The van der Waals surface area contributed by atoms with E-state index in [1.807, 2.05) is 6.07 Å². The summed E-state index contributed by atoms with van der Waals surface area (Å²) >= 11 is 6.64. The molecule has 0 aromatic heterocycles. The number of rotatable bonds is 1. The molecule has 0 bridgehead atoms. The van der Waals surface area contributed by atoms with Crippen LogP contribution in [0.3, 0.4) is 0 Å². The number of hydrogen-bond acceptors (Lipinski definition) is 0. The van der Waals surface area contributed by atoms with Gasteiger partial charge in [-0.3, -0.25) is 0 Å². The maximum Gasteiger partial charge on any atom is 0.0726 e. The Morgan fingerprint density at radius 3 is 1.81 bits per heavy atom. The van der Waals surface area contributed by atoms with Crippen LogP contribution in [0.4, 0.5) is 0 Å². The summed E-state index contributed by atoms with van der Waals surface area (Å²) < 4.78 is 0. The molecule has 1 unspecified atom stereocenters. The predicted molar refractivity (Wildman–Crippen MR) is 134 cm³/mol. The minimum absolute atomic E-state index is 0.284. The summed E-state index contributed by atoms with van der Waals surface area (Å²) in [6, 6.07) is 31.8. The van der Waals surface area contributed by atoms with Gasteiger partial charge in [0.05, 0.1) is 5.41 Å². The van der Waals surface area contributed by atoms with Gasteiger partial charge >= 0.3 is 0 Å². The number of hydrogen-bond donors (Lipinski definition) is 0. The predicted octanol–water partition coefficient (Wildman–Crippen LogP) is 8.73. The monoisotopic (exact) mass is 432 g/mol. The lowest BCUT2D eigenvalue weighted by Gasteiger charge is -2.31. The van der Waals surface area contributed by atoms with E-state index in [2.05, 4.69) is 78.9 Å². The van der Waals surface area contributed by atoms with Crippen molar-refractivity contribution in [3.05, 3.63) is 118 Å². The molecule has 1 atom stereocenters. The van der Waals surface area contributed by atoms with Crippen LogP contribution >= 0.6 is 11.6 Å². The molecule has 1 saturated carbocycles. The molecule has 0 nitrogen and oxygen atoms in total. The van der Waals surface area contributed by atoms with E-state index in [9.17, 15) is 0 Å². The van der Waals surface area contributed by atoms with Crippen LogP contribution in [0, 0.1) is 0 Å². The van der Waals surface area contributed by atoms with Gasteiger partial charge in [-0.2, -0.15) is 0 Å². The fourth-order valence-corrected chi connectivity index (χ4v) is 6.99. The van der Waals surface area contributed by atoms with Gasteiger partial charge in [0, 0.05) is 5.02 Å². The fourth-order valence-electron chi connectivity index (χ4n) is 6.82. The van der Waals surface area contributed by atoms with Crippen LogP contribution in [0.5, 0.6) is 0 Å². The Hall–Kier alpha value is -2.83. The molecule has 4 aromatic rings. The minimum Gasteiger partial charge on any atom is -0.0843 e. The molecule has 3 aliphatic rings. The highest BCUT2D eigenvalue weighted by Gasteiger charge is 2.51. The lowest BCUT2D eigenvalue weighted by atomic mass is 9.70. The van der Waals surface area contributed by atoms with Crippen LogP contribution in [0.1, 0.15) is 65.8 Å². The first kappa shape index (κ1) is 18.7. The van der Waals surface area contributed by atoms with E-state index < -0.39 is 0 Å². The van der Waals surface area contributed by atoms with Crippen LogP contribution in [-0.4, -0.2) is 0 Å². The maximum atomic E-state index is 6.64. The molecule has 0 heterocycles. The Bertz CT molecular complexity index is 1360. The van der Waals surface area contributed by atoms with E-state index in [0.29, 0.717) is 5.92 Å². The first-order chi connectivity index (χ1) is 15.8. The molecule has 7 rings (SSSR count). The van der Waals surface area contributed by atoms with Gasteiger partial charge in [-0.15, -0.1) is 0 Å². The van der Waals surface area contributed by atoms with Crippen molar-refractivity contribution in [2.45, 2.75) is 43.4 Å². The van der Waals surface area contributed by atoms with E-state index in [0.717, 1.165) is 5.02 Å². The maximum absolute atomic E-state index is 6.64. The van der Waals surface area contributed by atoms with Gasteiger partial charge in [0.1, 0.15) is 0 Å². The van der Waals surface area contributed by atoms with E-state index in [4.69, 9.17) is 11.6 Å². The summed E-state index contributed by atoms with van der Waals surface area (Å²) in [6.45, 7) is 0. The van der Waals surface area contributed by atoms with Crippen molar-refractivity contribution in [3.8, 4) is 22.3 Å². The van der Waals surface area contributed by atoms with Crippen LogP contribution in [0.2, 0.25) is 5.02 Å². The van der Waals surface area contributed by atoms with Crippen molar-refractivity contribution >= 4 is 11.6 Å². The Morgan fingerprint density at radius 2 is 1.12 bits per heavy atom. The number of benzene rings is 4. The highest BCUT2D eigenvalue weighted by Crippen LogP contribution is 2.63. The quantitative estimate of drug-likeness (QED) is 0.243. The summed E-state index contributed by atoms with van der Waals surface area (Å²) in [7, 11) is 0. The normalized spacial score (nSPS) is 20.7. The summed E-state index contributed by atoms with van der Waals surface area (Å²) in [4.78, 5) is 0. The van der Waals surface area contributed by atoms with E-state index >= 15 is 0 Å². The number of halogens is 1. The molecule has 0 radical (unpaired) electrons. The van der Waals surface area contributed by atoms with Crippen molar-refractivity contribution < 1.29 is 0 Å². The highest BCUT2D eigenvalue weighted by atomic mass is 35.5. The molecule has 32 heavy (non-hydrogen) atoms. The first-order valence-corrected chi connectivity index (χ1v) is 12.3. The van der Waals surface area contributed by atoms with Crippen LogP contribution < -0.4 is 0 Å². The first-order valence-electron chi connectivity index (χ1n) is 11.9.